The molecule has 0 aliphatic heterocycles. The number of methoxy groups -OCH3 is 1. The molecule has 1 N–H and O–H groups in total. The maximum atomic E-state index is 11.8. The Morgan fingerprint density at radius 3 is 2.80 bits per heavy atom. The Morgan fingerprint density at radius 2 is 2.16 bits per heavy atom. The lowest BCUT2D eigenvalue weighted by atomic mass is 9.87. The summed E-state index contributed by atoms with van der Waals surface area (Å²) in [6.45, 7) is 3.72. The molecule has 4 nitrogen and oxygen atoms in total. The van der Waals surface area contributed by atoms with Crippen molar-refractivity contribution < 1.29 is 14.6 Å². The Labute approximate surface area is 150 Å². The predicted molar refractivity (Wildman–Crippen MR) is 102 cm³/mol. The molecular formula is C21H29NO3. The van der Waals surface area contributed by atoms with Crippen LogP contribution in [0.25, 0.3) is 0 Å². The van der Waals surface area contributed by atoms with Gasteiger partial charge in [-0.3, -0.25) is 4.99 Å². The molecule has 1 aromatic carbocycles. The zero-order valence-electron chi connectivity index (χ0n) is 15.5. The van der Waals surface area contributed by atoms with E-state index in [-0.39, 0.29) is 5.97 Å². The number of hydrogen-bond donors (Lipinski definition) is 1. The van der Waals surface area contributed by atoms with Crippen LogP contribution >= 0.6 is 0 Å². The Kier molecular flexibility index (Phi) is 6.94. The van der Waals surface area contributed by atoms with Crippen LogP contribution in [0, 0.1) is 5.92 Å². The third kappa shape index (κ3) is 6.46. The highest BCUT2D eigenvalue weighted by atomic mass is 16.5. The van der Waals surface area contributed by atoms with E-state index in [1.807, 2.05) is 38.3 Å². The number of rotatable bonds is 7. The first-order valence-electron chi connectivity index (χ1n) is 9.01. The molecule has 1 aromatic rings. The summed E-state index contributed by atoms with van der Waals surface area (Å²) in [5, 5.41) is 9.78. The van der Waals surface area contributed by atoms with Crippen LogP contribution in [0.3, 0.4) is 0 Å². The van der Waals surface area contributed by atoms with Crippen molar-refractivity contribution in [3.05, 3.63) is 41.5 Å². The van der Waals surface area contributed by atoms with Crippen molar-refractivity contribution in [2.24, 2.45) is 10.9 Å². The van der Waals surface area contributed by atoms with Gasteiger partial charge < -0.3 is 9.84 Å². The molecule has 1 unspecified atom stereocenters. The highest BCUT2D eigenvalue weighted by Crippen LogP contribution is 2.28. The van der Waals surface area contributed by atoms with Gasteiger partial charge in [-0.2, -0.15) is 0 Å². The van der Waals surface area contributed by atoms with Crippen molar-refractivity contribution in [2.45, 2.75) is 58.0 Å². The molecule has 1 aliphatic carbocycles. The van der Waals surface area contributed by atoms with Crippen LogP contribution in [0.2, 0.25) is 0 Å². The third-order valence-electron chi connectivity index (χ3n) is 4.57. The normalized spacial score (nSPS) is 18.2. The maximum Gasteiger partial charge on any atom is 0.340 e. The van der Waals surface area contributed by atoms with E-state index >= 15 is 0 Å². The summed E-state index contributed by atoms with van der Waals surface area (Å²) in [6, 6.07) is 7.26. The van der Waals surface area contributed by atoms with Gasteiger partial charge in [-0.05, 0) is 70.4 Å². The summed E-state index contributed by atoms with van der Waals surface area (Å²) >= 11 is 0. The fourth-order valence-corrected chi connectivity index (χ4v) is 3.07. The number of ether oxygens (including phenoxy) is 1. The number of carbonyl (C=O) groups is 1. The number of aliphatic hydroxyl groups is 1. The van der Waals surface area contributed by atoms with Crippen LogP contribution in [0.4, 0.5) is 5.69 Å². The SMILES string of the molecule is COC(=O)c1ccccc1/N=C\C1CC=C(CCCC(C)(C)O)CC1. The monoisotopic (exact) mass is 343 g/mol. The van der Waals surface area contributed by atoms with Crippen LogP contribution in [0.1, 0.15) is 62.7 Å². The Bertz CT molecular complexity index is 641. The Morgan fingerprint density at radius 1 is 1.40 bits per heavy atom. The summed E-state index contributed by atoms with van der Waals surface area (Å²) in [5.74, 6) is 0.0501. The van der Waals surface area contributed by atoms with E-state index in [4.69, 9.17) is 4.74 Å². The van der Waals surface area contributed by atoms with Crippen molar-refractivity contribution in [1.29, 1.82) is 0 Å². The first-order valence-corrected chi connectivity index (χ1v) is 9.01. The molecule has 0 bridgehead atoms. The van der Waals surface area contributed by atoms with Crippen molar-refractivity contribution in [3.8, 4) is 0 Å². The van der Waals surface area contributed by atoms with Gasteiger partial charge in [-0.25, -0.2) is 4.79 Å². The standard InChI is InChI=1S/C21H29NO3/c1-21(2,24)14-6-7-16-10-12-17(13-11-16)15-22-19-9-5-4-8-18(19)20(23)25-3/h4-5,8-10,15,17,24H,6-7,11-14H2,1-3H3/b22-15-. The Hall–Kier alpha value is -1.94. The zero-order valence-corrected chi connectivity index (χ0v) is 15.5. The molecule has 2 rings (SSSR count). The van der Waals surface area contributed by atoms with Crippen LogP contribution in [-0.2, 0) is 4.74 Å². The first-order chi connectivity index (χ1) is 11.9. The number of allylic oxidation sites excluding steroid dienone is 2. The van der Waals surface area contributed by atoms with Crippen molar-refractivity contribution in [1.82, 2.24) is 0 Å². The molecule has 136 valence electrons. The van der Waals surface area contributed by atoms with Gasteiger partial charge in [0, 0.05) is 6.21 Å². The molecule has 1 atom stereocenters. The second-order valence-electron chi connectivity index (χ2n) is 7.35. The lowest BCUT2D eigenvalue weighted by molar-refractivity contribution is 0.0601. The van der Waals surface area contributed by atoms with E-state index in [0.29, 0.717) is 17.2 Å². The highest BCUT2D eigenvalue weighted by molar-refractivity contribution is 5.95. The summed E-state index contributed by atoms with van der Waals surface area (Å²) in [6.07, 6.45) is 10.4. The van der Waals surface area contributed by atoms with E-state index in [9.17, 15) is 9.90 Å². The minimum atomic E-state index is -0.572. The van der Waals surface area contributed by atoms with Crippen molar-refractivity contribution in [2.75, 3.05) is 7.11 Å². The third-order valence-corrected chi connectivity index (χ3v) is 4.57. The molecule has 0 radical (unpaired) electrons. The molecule has 1 aliphatic rings. The fraction of sp³-hybridized carbons (Fsp3) is 0.524. The predicted octanol–water partition coefficient (Wildman–Crippen LogP) is 4.84. The average molecular weight is 343 g/mol. The molecule has 0 heterocycles. The number of hydrogen-bond acceptors (Lipinski definition) is 4. The molecule has 0 spiro atoms. The lowest BCUT2D eigenvalue weighted by Crippen LogP contribution is -2.18. The van der Waals surface area contributed by atoms with E-state index in [0.717, 1.165) is 38.5 Å². The summed E-state index contributed by atoms with van der Waals surface area (Å²) in [4.78, 5) is 16.3. The summed E-state index contributed by atoms with van der Waals surface area (Å²) in [5.41, 5.74) is 2.08. The van der Waals surface area contributed by atoms with Crippen molar-refractivity contribution >= 4 is 17.9 Å². The first kappa shape index (κ1) is 19.4. The van der Waals surface area contributed by atoms with Gasteiger partial charge >= 0.3 is 5.97 Å². The number of aliphatic imine (C=N–C) groups is 1. The topological polar surface area (TPSA) is 58.9 Å². The van der Waals surface area contributed by atoms with E-state index in [1.165, 1.54) is 12.7 Å². The van der Waals surface area contributed by atoms with Crippen LogP contribution in [0.15, 0.2) is 40.9 Å². The molecule has 0 amide bonds. The van der Waals surface area contributed by atoms with Crippen molar-refractivity contribution in [3.63, 3.8) is 0 Å². The Balaban J connectivity index is 1.89. The fourth-order valence-electron chi connectivity index (χ4n) is 3.07. The summed E-state index contributed by atoms with van der Waals surface area (Å²) < 4.78 is 4.80. The van der Waals surface area contributed by atoms with Gasteiger partial charge in [0.1, 0.15) is 0 Å². The summed E-state index contributed by atoms with van der Waals surface area (Å²) in [7, 11) is 1.38. The van der Waals surface area contributed by atoms with Gasteiger partial charge in [-0.15, -0.1) is 0 Å². The number of esters is 1. The molecule has 0 saturated heterocycles. The van der Waals surface area contributed by atoms with E-state index in [1.54, 1.807) is 6.07 Å². The second kappa shape index (κ2) is 8.95. The van der Waals surface area contributed by atoms with Crippen LogP contribution in [0.5, 0.6) is 0 Å². The second-order valence-corrected chi connectivity index (χ2v) is 7.35. The van der Waals surface area contributed by atoms with Crippen LogP contribution in [-0.4, -0.2) is 30.0 Å². The van der Waals surface area contributed by atoms with Crippen LogP contribution < -0.4 is 0 Å². The minimum absolute atomic E-state index is 0.356. The van der Waals surface area contributed by atoms with Gasteiger partial charge in [0.05, 0.1) is 24.0 Å². The van der Waals surface area contributed by atoms with Gasteiger partial charge in [-0.1, -0.05) is 23.8 Å². The number of para-hydroxylation sites is 1. The maximum absolute atomic E-state index is 11.8. The molecule has 0 aromatic heterocycles. The largest absolute Gasteiger partial charge is 0.465 e. The van der Waals surface area contributed by atoms with Gasteiger partial charge in [0.15, 0.2) is 0 Å². The smallest absolute Gasteiger partial charge is 0.340 e. The molecule has 0 saturated carbocycles. The number of benzene rings is 1. The van der Waals surface area contributed by atoms with E-state index < -0.39 is 5.60 Å². The van der Waals surface area contributed by atoms with Gasteiger partial charge in [0.25, 0.3) is 0 Å². The lowest BCUT2D eigenvalue weighted by Gasteiger charge is -2.21. The average Bonchev–Trinajstić information content (AvgIpc) is 2.59. The molecular weight excluding hydrogens is 314 g/mol. The molecule has 0 fully saturated rings. The molecule has 25 heavy (non-hydrogen) atoms. The van der Waals surface area contributed by atoms with E-state index in [2.05, 4.69) is 11.1 Å². The number of nitrogens with zero attached hydrogens (tertiary/aromatic N) is 1. The zero-order chi connectivity index (χ0) is 18.3. The minimum Gasteiger partial charge on any atom is -0.465 e. The molecule has 4 heteroatoms. The van der Waals surface area contributed by atoms with Gasteiger partial charge in [0.2, 0.25) is 0 Å². The number of carbonyl (C=O) groups excluding carboxylic acids is 1. The highest BCUT2D eigenvalue weighted by Gasteiger charge is 2.16. The quantitative estimate of drug-likeness (QED) is 0.438.